The van der Waals surface area contributed by atoms with Crippen LogP contribution in [-0.2, 0) is 17.8 Å². The summed E-state index contributed by atoms with van der Waals surface area (Å²) in [5, 5.41) is 9.14. The molecule has 2 aliphatic heterocycles. The topological polar surface area (TPSA) is 86.5 Å². The molecule has 2 aromatic heterocycles. The highest BCUT2D eigenvalue weighted by molar-refractivity contribution is 7.14. The summed E-state index contributed by atoms with van der Waals surface area (Å²) < 4.78 is 41.1. The zero-order chi connectivity index (χ0) is 27.1. The molecular formula is C28H24F2N4O4S. The van der Waals surface area contributed by atoms with Crippen molar-refractivity contribution in [2.24, 2.45) is 0 Å². The van der Waals surface area contributed by atoms with Gasteiger partial charge in [0.1, 0.15) is 23.2 Å². The third kappa shape index (κ3) is 4.61. The molecule has 1 fully saturated rings. The van der Waals surface area contributed by atoms with Gasteiger partial charge in [-0.2, -0.15) is 0 Å². The lowest BCUT2D eigenvalue weighted by atomic mass is 10.0. The molecule has 4 heterocycles. The monoisotopic (exact) mass is 550 g/mol. The number of nitrogens with zero attached hydrogens (tertiary/aromatic N) is 4. The van der Waals surface area contributed by atoms with E-state index in [4.69, 9.17) is 9.47 Å². The van der Waals surface area contributed by atoms with Gasteiger partial charge in [-0.1, -0.05) is 47.7 Å². The second kappa shape index (κ2) is 10.3. The fraction of sp³-hybridized carbons (Fsp3) is 0.286. The summed E-state index contributed by atoms with van der Waals surface area (Å²) in [4.78, 5) is 29.2. The van der Waals surface area contributed by atoms with Crippen molar-refractivity contribution < 1.29 is 23.0 Å². The molecule has 1 saturated heterocycles. The van der Waals surface area contributed by atoms with Gasteiger partial charge >= 0.3 is 0 Å². The Morgan fingerprint density at radius 2 is 1.87 bits per heavy atom. The molecule has 1 amide bonds. The molecular weight excluding hydrogens is 526 g/mol. The van der Waals surface area contributed by atoms with Crippen LogP contribution in [0, 0.1) is 11.6 Å². The Hall–Kier alpha value is -3.96. The number of likely N-dealkylation sites (N-methyl/N-ethyl adjacent to an activating group) is 1. The number of carbonyl (C=O) groups is 1. The average Bonchev–Trinajstić information content (AvgIpc) is 3.61. The predicted octanol–water partition coefficient (Wildman–Crippen LogP) is 4.23. The Morgan fingerprint density at radius 1 is 1.08 bits per heavy atom. The fourth-order valence-electron chi connectivity index (χ4n) is 5.12. The molecule has 6 rings (SSSR count). The predicted molar refractivity (Wildman–Crippen MR) is 140 cm³/mol. The number of rotatable bonds is 7. The molecule has 2 aliphatic rings. The number of carbonyl (C=O) groups excluding carboxylic acids is 1. The van der Waals surface area contributed by atoms with E-state index in [2.05, 4.69) is 10.2 Å². The lowest BCUT2D eigenvalue weighted by molar-refractivity contribution is 0.0568. The van der Waals surface area contributed by atoms with Crippen molar-refractivity contribution in [1.29, 1.82) is 0 Å². The highest BCUT2D eigenvalue weighted by Crippen LogP contribution is 2.37. The van der Waals surface area contributed by atoms with Gasteiger partial charge in [-0.3, -0.25) is 9.59 Å². The number of ether oxygens (including phenoxy) is 2. The number of benzene rings is 2. The molecule has 8 nitrogen and oxygen atoms in total. The largest absolute Gasteiger partial charge is 0.483 e. The summed E-state index contributed by atoms with van der Waals surface area (Å²) in [6.07, 6.45) is 1.73. The van der Waals surface area contributed by atoms with Gasteiger partial charge in [0, 0.05) is 25.2 Å². The van der Waals surface area contributed by atoms with Crippen molar-refractivity contribution >= 4 is 17.2 Å². The van der Waals surface area contributed by atoms with Crippen LogP contribution >= 0.6 is 11.3 Å². The highest BCUT2D eigenvalue weighted by Gasteiger charge is 2.44. The lowest BCUT2D eigenvalue weighted by Crippen LogP contribution is -2.51. The number of fused-ring (bicyclic) bond motifs is 3. The zero-order valence-electron chi connectivity index (χ0n) is 21.0. The number of aromatic nitrogens is 3. The molecule has 0 aliphatic carbocycles. The number of hydrogen-bond donors (Lipinski definition) is 0. The first-order valence-electron chi connectivity index (χ1n) is 12.6. The van der Waals surface area contributed by atoms with E-state index in [1.165, 1.54) is 12.1 Å². The summed E-state index contributed by atoms with van der Waals surface area (Å²) in [6, 6.07) is 12.4. The van der Waals surface area contributed by atoms with Crippen molar-refractivity contribution in [2.75, 3.05) is 19.8 Å². The normalized spacial score (nSPS) is 18.2. The van der Waals surface area contributed by atoms with E-state index in [0.717, 1.165) is 23.0 Å². The van der Waals surface area contributed by atoms with Crippen molar-refractivity contribution in [3.8, 4) is 16.3 Å². The third-order valence-electron chi connectivity index (χ3n) is 7.06. The maximum absolute atomic E-state index is 14.2. The summed E-state index contributed by atoms with van der Waals surface area (Å²) >= 11 is 1.13. The van der Waals surface area contributed by atoms with Gasteiger partial charge in [-0.25, -0.2) is 8.78 Å². The van der Waals surface area contributed by atoms with Crippen LogP contribution < -0.4 is 10.2 Å². The number of pyridine rings is 1. The summed E-state index contributed by atoms with van der Waals surface area (Å²) in [5.41, 5.74) is 1.05. The first kappa shape index (κ1) is 25.3. The van der Waals surface area contributed by atoms with E-state index in [0.29, 0.717) is 29.8 Å². The Balaban J connectivity index is 1.43. The molecule has 200 valence electrons. The van der Waals surface area contributed by atoms with Crippen molar-refractivity contribution in [1.82, 2.24) is 19.7 Å². The minimum Gasteiger partial charge on any atom is -0.483 e. The number of amides is 1. The molecule has 4 aromatic rings. The standard InChI is InChI=1S/C28H24F2N4O4S/c1-2-33-21-14-37-15-22(21)34-12-19(27-32-31-23(39-27)10-17-8-9-18(29)11-20(17)30)25(35)26(24(34)28(33)36)38-13-16-6-4-3-5-7-16/h3-9,11-12,21-22H,2,10,13-15H2,1H3/t21-,22+/m0/s1. The maximum atomic E-state index is 14.2. The summed E-state index contributed by atoms with van der Waals surface area (Å²) in [5.74, 6) is -1.68. The third-order valence-corrected chi connectivity index (χ3v) is 8.01. The van der Waals surface area contributed by atoms with E-state index >= 15 is 0 Å². The Labute approximate surface area is 226 Å². The first-order chi connectivity index (χ1) is 18.9. The number of halogens is 2. The number of hydrogen-bond acceptors (Lipinski definition) is 7. The Bertz CT molecular complexity index is 1610. The highest BCUT2D eigenvalue weighted by atomic mass is 32.1. The minimum atomic E-state index is -0.677. The molecule has 0 bridgehead atoms. The summed E-state index contributed by atoms with van der Waals surface area (Å²) in [7, 11) is 0. The zero-order valence-corrected chi connectivity index (χ0v) is 21.8. The van der Waals surface area contributed by atoms with E-state index in [1.54, 1.807) is 15.7 Å². The van der Waals surface area contributed by atoms with Crippen molar-refractivity contribution in [3.63, 3.8) is 0 Å². The van der Waals surface area contributed by atoms with Gasteiger partial charge in [-0.05, 0) is 24.1 Å². The molecule has 39 heavy (non-hydrogen) atoms. The van der Waals surface area contributed by atoms with Crippen LogP contribution in [0.25, 0.3) is 10.6 Å². The van der Waals surface area contributed by atoms with Crippen LogP contribution in [0.4, 0.5) is 8.78 Å². The van der Waals surface area contributed by atoms with E-state index in [1.807, 2.05) is 37.3 Å². The molecule has 0 radical (unpaired) electrons. The van der Waals surface area contributed by atoms with Gasteiger partial charge in [0.25, 0.3) is 5.91 Å². The van der Waals surface area contributed by atoms with Gasteiger partial charge in [-0.15, -0.1) is 10.2 Å². The van der Waals surface area contributed by atoms with Crippen LogP contribution in [-0.4, -0.2) is 51.4 Å². The van der Waals surface area contributed by atoms with Gasteiger partial charge < -0.3 is 18.9 Å². The molecule has 0 unspecified atom stereocenters. The first-order valence-corrected chi connectivity index (χ1v) is 13.4. The smallest absolute Gasteiger partial charge is 0.274 e. The van der Waals surface area contributed by atoms with Crippen LogP contribution in [0.15, 0.2) is 59.5 Å². The fourth-order valence-corrected chi connectivity index (χ4v) is 5.99. The maximum Gasteiger partial charge on any atom is 0.274 e. The van der Waals surface area contributed by atoms with Crippen molar-refractivity contribution in [3.05, 3.63) is 98.4 Å². The quantitative estimate of drug-likeness (QED) is 0.342. The second-order valence-electron chi connectivity index (χ2n) is 9.41. The molecule has 0 N–H and O–H groups in total. The van der Waals surface area contributed by atoms with E-state index < -0.39 is 17.1 Å². The SMILES string of the molecule is CCN1C(=O)c2c(OCc3ccccc3)c(=O)c(-c3nnc(Cc4ccc(F)cc4F)s3)cn2[C@@H]2COC[C@@H]21. The van der Waals surface area contributed by atoms with Crippen LogP contribution in [0.3, 0.4) is 0 Å². The molecule has 2 atom stereocenters. The molecule has 11 heteroatoms. The lowest BCUT2D eigenvalue weighted by Gasteiger charge is -2.39. The van der Waals surface area contributed by atoms with Crippen LogP contribution in [0.5, 0.6) is 5.75 Å². The van der Waals surface area contributed by atoms with Crippen molar-refractivity contribution in [2.45, 2.75) is 32.0 Å². The van der Waals surface area contributed by atoms with E-state index in [-0.39, 0.29) is 53.6 Å². The van der Waals surface area contributed by atoms with Crippen LogP contribution in [0.2, 0.25) is 0 Å². The molecule has 2 aromatic carbocycles. The van der Waals surface area contributed by atoms with Gasteiger partial charge in [0.15, 0.2) is 16.5 Å². The van der Waals surface area contributed by atoms with Gasteiger partial charge in [0.2, 0.25) is 5.43 Å². The Kier molecular flexibility index (Phi) is 6.69. The average molecular weight is 551 g/mol. The van der Waals surface area contributed by atoms with E-state index in [9.17, 15) is 18.4 Å². The molecule has 0 saturated carbocycles. The molecule has 0 spiro atoms. The summed E-state index contributed by atoms with van der Waals surface area (Å²) in [6.45, 7) is 3.25. The van der Waals surface area contributed by atoms with Gasteiger partial charge in [0.05, 0.1) is 30.9 Å². The second-order valence-corrected chi connectivity index (χ2v) is 10.5. The minimum absolute atomic E-state index is 0.0496. The van der Waals surface area contributed by atoms with Crippen LogP contribution in [0.1, 0.15) is 39.6 Å². The Morgan fingerprint density at radius 3 is 2.64 bits per heavy atom.